The lowest BCUT2D eigenvalue weighted by atomic mass is 10.0. The van der Waals surface area contributed by atoms with Gasteiger partial charge in [0.15, 0.2) is 11.5 Å². The third kappa shape index (κ3) is 5.20. The van der Waals surface area contributed by atoms with Crippen molar-refractivity contribution in [3.8, 4) is 11.5 Å². The number of hydrogen-bond donors (Lipinski definition) is 1. The van der Waals surface area contributed by atoms with Gasteiger partial charge in [-0.05, 0) is 55.3 Å². The standard InChI is InChI=1S/C21H28N2O5S/c1-6-18(16-10-13-19(27-4)20(14-16)28-5)22-21(24)15-8-11-17(12-9-15)23(3)29(25,26)7-2/h8-14,18H,6-7H2,1-5H3,(H,22,24)/t18-/m0/s1. The second-order valence-electron chi connectivity index (χ2n) is 6.46. The highest BCUT2D eigenvalue weighted by Gasteiger charge is 2.18. The van der Waals surface area contributed by atoms with Crippen molar-refractivity contribution in [3.05, 3.63) is 53.6 Å². The monoisotopic (exact) mass is 420 g/mol. The van der Waals surface area contributed by atoms with E-state index in [0.29, 0.717) is 29.2 Å². The summed E-state index contributed by atoms with van der Waals surface area (Å²) in [4.78, 5) is 12.7. The van der Waals surface area contributed by atoms with Gasteiger partial charge >= 0.3 is 0 Å². The van der Waals surface area contributed by atoms with Crippen LogP contribution in [0, 0.1) is 0 Å². The van der Waals surface area contributed by atoms with Gasteiger partial charge in [0.25, 0.3) is 5.91 Å². The quantitative estimate of drug-likeness (QED) is 0.672. The number of carbonyl (C=O) groups excluding carboxylic acids is 1. The van der Waals surface area contributed by atoms with Crippen LogP contribution in [0.1, 0.15) is 42.2 Å². The normalized spacial score (nSPS) is 12.2. The molecule has 0 aliphatic rings. The summed E-state index contributed by atoms with van der Waals surface area (Å²) < 4.78 is 35.8. The summed E-state index contributed by atoms with van der Waals surface area (Å²) in [6.07, 6.45) is 0.691. The molecule has 158 valence electrons. The summed E-state index contributed by atoms with van der Waals surface area (Å²) in [6, 6.07) is 11.8. The Morgan fingerprint density at radius 2 is 1.66 bits per heavy atom. The molecule has 0 unspecified atom stereocenters. The molecule has 0 heterocycles. The van der Waals surface area contributed by atoms with Gasteiger partial charge in [-0.2, -0.15) is 0 Å². The van der Waals surface area contributed by atoms with Crippen LogP contribution in [-0.4, -0.2) is 41.3 Å². The van der Waals surface area contributed by atoms with Crippen LogP contribution in [0.4, 0.5) is 5.69 Å². The van der Waals surface area contributed by atoms with E-state index in [-0.39, 0.29) is 17.7 Å². The Hall–Kier alpha value is -2.74. The number of benzene rings is 2. The maximum atomic E-state index is 12.7. The lowest BCUT2D eigenvalue weighted by Crippen LogP contribution is -2.29. The topological polar surface area (TPSA) is 84.9 Å². The van der Waals surface area contributed by atoms with Gasteiger partial charge in [-0.3, -0.25) is 9.10 Å². The fraction of sp³-hybridized carbons (Fsp3) is 0.381. The molecule has 8 heteroatoms. The number of sulfonamides is 1. The molecule has 0 fully saturated rings. The molecule has 1 amide bonds. The van der Waals surface area contributed by atoms with E-state index in [1.807, 2.05) is 25.1 Å². The zero-order valence-corrected chi connectivity index (χ0v) is 18.2. The van der Waals surface area contributed by atoms with Gasteiger partial charge in [0.05, 0.1) is 31.7 Å². The zero-order chi connectivity index (χ0) is 21.6. The average Bonchev–Trinajstić information content (AvgIpc) is 2.76. The van der Waals surface area contributed by atoms with E-state index in [0.717, 1.165) is 5.56 Å². The Kier molecular flexibility index (Phi) is 7.50. The average molecular weight is 421 g/mol. The van der Waals surface area contributed by atoms with Crippen LogP contribution >= 0.6 is 0 Å². The van der Waals surface area contributed by atoms with Gasteiger partial charge < -0.3 is 14.8 Å². The van der Waals surface area contributed by atoms with Crippen LogP contribution in [0.3, 0.4) is 0 Å². The zero-order valence-electron chi connectivity index (χ0n) is 17.4. The maximum Gasteiger partial charge on any atom is 0.251 e. The van der Waals surface area contributed by atoms with E-state index in [1.165, 1.54) is 11.4 Å². The van der Waals surface area contributed by atoms with Gasteiger partial charge in [-0.15, -0.1) is 0 Å². The van der Waals surface area contributed by atoms with E-state index in [4.69, 9.17) is 9.47 Å². The van der Waals surface area contributed by atoms with Gasteiger partial charge in [0, 0.05) is 12.6 Å². The fourth-order valence-corrected chi connectivity index (χ4v) is 3.74. The van der Waals surface area contributed by atoms with Crippen LogP contribution < -0.4 is 19.1 Å². The molecule has 2 aromatic carbocycles. The third-order valence-corrected chi connectivity index (χ3v) is 6.57. The molecule has 0 aliphatic heterocycles. The van der Waals surface area contributed by atoms with E-state index in [9.17, 15) is 13.2 Å². The number of methoxy groups -OCH3 is 2. The van der Waals surface area contributed by atoms with Crippen molar-refractivity contribution < 1.29 is 22.7 Å². The summed E-state index contributed by atoms with van der Waals surface area (Å²) in [6.45, 7) is 3.57. The molecule has 0 bridgehead atoms. The van der Waals surface area contributed by atoms with Crippen LogP contribution in [0.2, 0.25) is 0 Å². The van der Waals surface area contributed by atoms with E-state index in [1.54, 1.807) is 45.4 Å². The maximum absolute atomic E-state index is 12.7. The second-order valence-corrected chi connectivity index (χ2v) is 8.75. The van der Waals surface area contributed by atoms with Crippen molar-refractivity contribution in [2.45, 2.75) is 26.3 Å². The van der Waals surface area contributed by atoms with Crippen molar-refractivity contribution in [1.29, 1.82) is 0 Å². The summed E-state index contributed by atoms with van der Waals surface area (Å²) >= 11 is 0. The van der Waals surface area contributed by atoms with E-state index >= 15 is 0 Å². The SMILES string of the molecule is CC[C@H](NC(=O)c1ccc(N(C)S(=O)(=O)CC)cc1)c1ccc(OC)c(OC)c1. The number of nitrogens with zero attached hydrogens (tertiary/aromatic N) is 1. The Balaban J connectivity index is 2.18. The largest absolute Gasteiger partial charge is 0.493 e. The molecule has 0 aromatic heterocycles. The minimum Gasteiger partial charge on any atom is -0.493 e. The first-order chi connectivity index (χ1) is 13.8. The summed E-state index contributed by atoms with van der Waals surface area (Å²) in [5, 5.41) is 3.01. The first-order valence-corrected chi connectivity index (χ1v) is 11.0. The van der Waals surface area contributed by atoms with Crippen LogP contribution in [0.25, 0.3) is 0 Å². The molecule has 29 heavy (non-hydrogen) atoms. The van der Waals surface area contributed by atoms with E-state index < -0.39 is 10.0 Å². The lowest BCUT2D eigenvalue weighted by Gasteiger charge is -2.20. The molecular weight excluding hydrogens is 392 g/mol. The highest BCUT2D eigenvalue weighted by molar-refractivity contribution is 7.92. The molecule has 0 aliphatic carbocycles. The Morgan fingerprint density at radius 1 is 1.03 bits per heavy atom. The summed E-state index contributed by atoms with van der Waals surface area (Å²) in [5.41, 5.74) is 1.87. The van der Waals surface area contributed by atoms with Gasteiger partial charge in [-0.1, -0.05) is 13.0 Å². The number of ether oxygens (including phenoxy) is 2. The minimum atomic E-state index is -3.35. The predicted octanol–water partition coefficient (Wildman–Crippen LogP) is 3.37. The lowest BCUT2D eigenvalue weighted by molar-refractivity contribution is 0.0935. The third-order valence-electron chi connectivity index (χ3n) is 4.80. The second kappa shape index (κ2) is 9.65. The highest BCUT2D eigenvalue weighted by Crippen LogP contribution is 2.31. The smallest absolute Gasteiger partial charge is 0.251 e. The first-order valence-electron chi connectivity index (χ1n) is 9.36. The molecule has 1 N–H and O–H groups in total. The van der Waals surface area contributed by atoms with Crippen molar-refractivity contribution >= 4 is 21.6 Å². The minimum absolute atomic E-state index is 0.00917. The number of hydrogen-bond acceptors (Lipinski definition) is 5. The fourth-order valence-electron chi connectivity index (χ4n) is 2.91. The molecule has 0 saturated carbocycles. The molecule has 2 aromatic rings. The van der Waals surface area contributed by atoms with E-state index in [2.05, 4.69) is 5.32 Å². The molecule has 7 nitrogen and oxygen atoms in total. The number of rotatable bonds is 9. The van der Waals surface area contributed by atoms with Crippen LogP contribution in [-0.2, 0) is 10.0 Å². The summed E-state index contributed by atoms with van der Waals surface area (Å²) in [5.74, 6) is 0.996. The molecule has 0 spiro atoms. The molecular formula is C21H28N2O5S. The van der Waals surface area contributed by atoms with Crippen molar-refractivity contribution in [2.24, 2.45) is 0 Å². The Morgan fingerprint density at radius 3 is 2.17 bits per heavy atom. The first kappa shape index (κ1) is 22.5. The van der Waals surface area contributed by atoms with Gasteiger partial charge in [0.2, 0.25) is 10.0 Å². The predicted molar refractivity (Wildman–Crippen MR) is 114 cm³/mol. The van der Waals surface area contributed by atoms with Crippen molar-refractivity contribution in [2.75, 3.05) is 31.3 Å². The van der Waals surface area contributed by atoms with Crippen molar-refractivity contribution in [3.63, 3.8) is 0 Å². The Bertz CT molecular complexity index is 942. The number of amides is 1. The number of carbonyl (C=O) groups is 1. The molecule has 0 radical (unpaired) electrons. The molecule has 1 atom stereocenters. The van der Waals surface area contributed by atoms with Crippen LogP contribution in [0.15, 0.2) is 42.5 Å². The van der Waals surface area contributed by atoms with Gasteiger partial charge in [-0.25, -0.2) is 8.42 Å². The molecule has 0 saturated heterocycles. The van der Waals surface area contributed by atoms with Gasteiger partial charge in [0.1, 0.15) is 0 Å². The van der Waals surface area contributed by atoms with Crippen molar-refractivity contribution in [1.82, 2.24) is 5.32 Å². The number of anilines is 1. The summed E-state index contributed by atoms with van der Waals surface area (Å²) in [7, 11) is 1.29. The Labute approximate surface area is 172 Å². The highest BCUT2D eigenvalue weighted by atomic mass is 32.2. The molecule has 2 rings (SSSR count). The van der Waals surface area contributed by atoms with Crippen LogP contribution in [0.5, 0.6) is 11.5 Å². The number of nitrogens with one attached hydrogen (secondary N) is 1.